The number of nitrogens with zero attached hydrogens (tertiary/aromatic N) is 1. The summed E-state index contributed by atoms with van der Waals surface area (Å²) in [6, 6.07) is 22.6. The zero-order valence-electron chi connectivity index (χ0n) is 20.2. The molecule has 0 bridgehead atoms. The van der Waals surface area contributed by atoms with Crippen LogP contribution in [0.5, 0.6) is 0 Å². The van der Waals surface area contributed by atoms with Crippen molar-refractivity contribution in [3.8, 4) is 0 Å². The van der Waals surface area contributed by atoms with E-state index in [0.29, 0.717) is 25.8 Å². The van der Waals surface area contributed by atoms with E-state index in [1.807, 2.05) is 72.8 Å². The van der Waals surface area contributed by atoms with Gasteiger partial charge in [0, 0.05) is 19.5 Å². The molecule has 3 aromatic carbocycles. The van der Waals surface area contributed by atoms with Gasteiger partial charge in [0.15, 0.2) is 5.66 Å². The monoisotopic (exact) mass is 489 g/mol. The highest BCUT2D eigenvalue weighted by molar-refractivity contribution is 5.88. The number of amides is 2. The van der Waals surface area contributed by atoms with E-state index in [1.54, 1.807) is 0 Å². The van der Waals surface area contributed by atoms with Gasteiger partial charge in [-0.15, -0.1) is 0 Å². The van der Waals surface area contributed by atoms with E-state index in [2.05, 4.69) is 10.6 Å². The van der Waals surface area contributed by atoms with Crippen molar-refractivity contribution in [3.63, 3.8) is 0 Å². The van der Waals surface area contributed by atoms with E-state index in [0.717, 1.165) is 21.9 Å². The lowest BCUT2D eigenvalue weighted by atomic mass is 9.85. The molecule has 0 saturated carbocycles. The summed E-state index contributed by atoms with van der Waals surface area (Å²) in [5, 5.41) is 27.7. The minimum absolute atomic E-state index is 0.0374. The molecule has 4 N–H and O–H groups in total. The average molecular weight is 490 g/mol. The van der Waals surface area contributed by atoms with Crippen LogP contribution in [0.2, 0.25) is 0 Å². The molecule has 3 atom stereocenters. The highest BCUT2D eigenvalue weighted by Crippen LogP contribution is 2.36. The number of carboxylic acid groups (broad SMARTS) is 2. The van der Waals surface area contributed by atoms with Crippen molar-refractivity contribution in [2.24, 2.45) is 5.92 Å². The Labute approximate surface area is 209 Å². The predicted molar refractivity (Wildman–Crippen MR) is 137 cm³/mol. The highest BCUT2D eigenvalue weighted by Gasteiger charge is 2.51. The summed E-state index contributed by atoms with van der Waals surface area (Å²) in [6.45, 7) is 0.382. The minimum Gasteiger partial charge on any atom is -0.481 e. The van der Waals surface area contributed by atoms with E-state index in [9.17, 15) is 24.6 Å². The smallest absolute Gasteiger partial charge is 0.345 e. The van der Waals surface area contributed by atoms with Crippen molar-refractivity contribution >= 4 is 28.7 Å². The summed E-state index contributed by atoms with van der Waals surface area (Å²) < 4.78 is 0. The number of rotatable bonds is 9. The summed E-state index contributed by atoms with van der Waals surface area (Å²) in [5.41, 5.74) is 0.140. The van der Waals surface area contributed by atoms with Crippen molar-refractivity contribution in [2.75, 3.05) is 20.1 Å². The Balaban J connectivity index is 1.49. The van der Waals surface area contributed by atoms with Crippen molar-refractivity contribution in [1.82, 2.24) is 15.5 Å². The molecule has 8 nitrogen and oxygen atoms in total. The lowest BCUT2D eigenvalue weighted by Gasteiger charge is -2.34. The third kappa shape index (κ3) is 5.33. The summed E-state index contributed by atoms with van der Waals surface area (Å²) in [7, 11) is 1.49. The van der Waals surface area contributed by atoms with E-state index in [-0.39, 0.29) is 6.54 Å². The third-order valence-electron chi connectivity index (χ3n) is 6.99. The number of hydrogen-bond acceptors (Lipinski definition) is 4. The molecule has 0 aromatic heterocycles. The second-order valence-electron chi connectivity index (χ2n) is 9.36. The molecule has 188 valence electrons. The first-order valence-electron chi connectivity index (χ1n) is 12.1. The maximum absolute atomic E-state index is 13.1. The van der Waals surface area contributed by atoms with Crippen LogP contribution in [0.3, 0.4) is 0 Å². The van der Waals surface area contributed by atoms with E-state index in [1.165, 1.54) is 11.9 Å². The SMILES string of the molecule is CN(C[C@H](CCc1ccccc1)C(=O)O)C(=O)N[C@@]1(C(=O)O)NCC[C@H]1c1ccc2ccccc2c1. The van der Waals surface area contributed by atoms with Crippen LogP contribution in [0.25, 0.3) is 10.8 Å². The highest BCUT2D eigenvalue weighted by atomic mass is 16.4. The molecule has 4 rings (SSSR count). The lowest BCUT2D eigenvalue weighted by Crippen LogP contribution is -2.65. The Kier molecular flexibility index (Phi) is 7.55. The maximum atomic E-state index is 13.1. The van der Waals surface area contributed by atoms with Gasteiger partial charge in [0.25, 0.3) is 0 Å². The second-order valence-corrected chi connectivity index (χ2v) is 9.36. The Bertz CT molecular complexity index is 1250. The molecule has 0 radical (unpaired) electrons. The number of carboxylic acids is 2. The van der Waals surface area contributed by atoms with Crippen molar-refractivity contribution < 1.29 is 24.6 Å². The number of fused-ring (bicyclic) bond motifs is 1. The number of urea groups is 1. The van der Waals surface area contributed by atoms with Gasteiger partial charge >= 0.3 is 18.0 Å². The number of hydrogen-bond donors (Lipinski definition) is 4. The van der Waals surface area contributed by atoms with Crippen LogP contribution in [0.15, 0.2) is 72.8 Å². The first-order chi connectivity index (χ1) is 17.3. The first-order valence-corrected chi connectivity index (χ1v) is 12.1. The fraction of sp³-hybridized carbons (Fsp3) is 0.321. The Morgan fingerprint density at radius 1 is 1.03 bits per heavy atom. The van der Waals surface area contributed by atoms with E-state index in [4.69, 9.17) is 0 Å². The zero-order chi connectivity index (χ0) is 25.7. The second kappa shape index (κ2) is 10.8. The predicted octanol–water partition coefficient (Wildman–Crippen LogP) is 3.67. The van der Waals surface area contributed by atoms with Gasteiger partial charge in [0.1, 0.15) is 0 Å². The Morgan fingerprint density at radius 2 is 1.72 bits per heavy atom. The number of aryl methyl sites for hydroxylation is 1. The van der Waals surface area contributed by atoms with Crippen LogP contribution in [-0.4, -0.2) is 58.9 Å². The fourth-order valence-electron chi connectivity index (χ4n) is 4.96. The molecule has 1 fully saturated rings. The van der Waals surface area contributed by atoms with Gasteiger partial charge in [0.05, 0.1) is 5.92 Å². The molecular weight excluding hydrogens is 458 g/mol. The quantitative estimate of drug-likeness (QED) is 0.364. The number of carbonyl (C=O) groups excluding carboxylic acids is 1. The van der Waals surface area contributed by atoms with E-state index < -0.39 is 35.5 Å². The van der Waals surface area contributed by atoms with Crippen LogP contribution < -0.4 is 10.6 Å². The molecule has 0 aliphatic carbocycles. The molecule has 8 heteroatoms. The minimum atomic E-state index is -1.70. The number of benzene rings is 3. The van der Waals surface area contributed by atoms with Crippen LogP contribution in [-0.2, 0) is 16.0 Å². The summed E-state index contributed by atoms with van der Waals surface area (Å²) >= 11 is 0. The van der Waals surface area contributed by atoms with Crippen LogP contribution in [0.1, 0.15) is 29.9 Å². The van der Waals surface area contributed by atoms with E-state index >= 15 is 0 Å². The van der Waals surface area contributed by atoms with Gasteiger partial charge in [0.2, 0.25) is 0 Å². The molecule has 0 unspecified atom stereocenters. The van der Waals surface area contributed by atoms with Crippen LogP contribution in [0, 0.1) is 5.92 Å². The molecule has 0 spiro atoms. The standard InChI is InChI=1S/C28H31N3O5/c1-31(18-23(25(32)33)12-11-19-7-3-2-4-8-19)27(36)30-28(26(34)35)24(15-16-29-28)22-14-13-20-9-5-6-10-21(20)17-22/h2-10,13-14,17,23-24,29H,11-12,15-16,18H2,1H3,(H,30,36)(H,32,33)(H,34,35)/t23-,24-,28-/m0/s1. The normalized spacial score (nSPS) is 20.1. The molecule has 1 aliphatic rings. The zero-order valence-corrected chi connectivity index (χ0v) is 20.2. The topological polar surface area (TPSA) is 119 Å². The van der Waals surface area contributed by atoms with Crippen molar-refractivity contribution in [3.05, 3.63) is 83.9 Å². The summed E-state index contributed by atoms with van der Waals surface area (Å²) in [4.78, 5) is 38.8. The molecular formula is C28H31N3O5. The average Bonchev–Trinajstić information content (AvgIpc) is 3.31. The Hall–Kier alpha value is -3.91. The molecule has 3 aromatic rings. The van der Waals surface area contributed by atoms with Gasteiger partial charge < -0.3 is 20.4 Å². The number of nitrogens with one attached hydrogen (secondary N) is 2. The van der Waals surface area contributed by atoms with Gasteiger partial charge in [-0.2, -0.15) is 0 Å². The van der Waals surface area contributed by atoms with Gasteiger partial charge in [-0.3, -0.25) is 10.1 Å². The molecule has 2 amide bonds. The third-order valence-corrected chi connectivity index (χ3v) is 6.99. The van der Waals surface area contributed by atoms with Crippen molar-refractivity contribution in [2.45, 2.75) is 30.8 Å². The van der Waals surface area contributed by atoms with Gasteiger partial charge in [-0.05, 0) is 47.7 Å². The Morgan fingerprint density at radius 3 is 2.42 bits per heavy atom. The van der Waals surface area contributed by atoms with Crippen LogP contribution >= 0.6 is 0 Å². The lowest BCUT2D eigenvalue weighted by molar-refractivity contribution is -0.146. The fourth-order valence-corrected chi connectivity index (χ4v) is 4.96. The molecule has 1 heterocycles. The van der Waals surface area contributed by atoms with Crippen LogP contribution in [0.4, 0.5) is 4.79 Å². The maximum Gasteiger partial charge on any atom is 0.345 e. The summed E-state index contributed by atoms with van der Waals surface area (Å²) in [5.74, 6) is -3.45. The number of carbonyl (C=O) groups is 3. The van der Waals surface area contributed by atoms with Crippen molar-refractivity contribution in [1.29, 1.82) is 0 Å². The molecule has 1 saturated heterocycles. The van der Waals surface area contributed by atoms with Gasteiger partial charge in [-0.1, -0.05) is 72.8 Å². The molecule has 1 aliphatic heterocycles. The largest absolute Gasteiger partial charge is 0.481 e. The van der Waals surface area contributed by atoms with Gasteiger partial charge in [-0.25, -0.2) is 9.59 Å². The number of aliphatic carboxylic acids is 2. The molecule has 36 heavy (non-hydrogen) atoms. The first kappa shape index (κ1) is 25.2. The summed E-state index contributed by atoms with van der Waals surface area (Å²) in [6.07, 6.45) is 1.46.